The van der Waals surface area contributed by atoms with Crippen LogP contribution in [0.4, 0.5) is 4.79 Å². The number of carbonyl (C=O) groups is 1. The summed E-state index contributed by atoms with van der Waals surface area (Å²) in [6, 6.07) is 0.0734. The predicted octanol–water partition coefficient (Wildman–Crippen LogP) is 2.31. The molecular formula is C13H21N3OS2. The van der Waals surface area contributed by atoms with Crippen LogP contribution < -0.4 is 5.32 Å². The first kappa shape index (κ1) is 14.7. The maximum absolute atomic E-state index is 11.9. The molecule has 1 aliphatic rings. The summed E-state index contributed by atoms with van der Waals surface area (Å²) in [6.45, 7) is 6.66. The first-order valence-corrected chi connectivity index (χ1v) is 8.73. The van der Waals surface area contributed by atoms with Gasteiger partial charge in [0, 0.05) is 42.4 Å². The molecule has 0 bridgehead atoms. The van der Waals surface area contributed by atoms with Gasteiger partial charge in [0.2, 0.25) is 0 Å². The fourth-order valence-electron chi connectivity index (χ4n) is 2.08. The summed E-state index contributed by atoms with van der Waals surface area (Å²) in [7, 11) is 0. The van der Waals surface area contributed by atoms with Gasteiger partial charge in [0.25, 0.3) is 0 Å². The standard InChI is InChI=1S/C13H21N3OS2/c1-3-11-10(2)19-12(15-11)4-5-14-13(17)16-6-8-18-9-7-16/h3-9H2,1-2H3,(H,14,17). The molecule has 1 aromatic rings. The van der Waals surface area contributed by atoms with Crippen LogP contribution in [0.15, 0.2) is 0 Å². The second-order valence-electron chi connectivity index (χ2n) is 4.55. The lowest BCUT2D eigenvalue weighted by molar-refractivity contribution is 0.203. The predicted molar refractivity (Wildman–Crippen MR) is 82.2 cm³/mol. The van der Waals surface area contributed by atoms with Gasteiger partial charge in [-0.2, -0.15) is 11.8 Å². The van der Waals surface area contributed by atoms with Crippen LogP contribution in [0.1, 0.15) is 22.5 Å². The second-order valence-corrected chi connectivity index (χ2v) is 7.06. The molecule has 19 heavy (non-hydrogen) atoms. The first-order valence-electron chi connectivity index (χ1n) is 6.76. The summed E-state index contributed by atoms with van der Waals surface area (Å²) in [6.07, 6.45) is 1.82. The molecule has 0 aliphatic carbocycles. The van der Waals surface area contributed by atoms with Crippen molar-refractivity contribution in [3.8, 4) is 0 Å². The van der Waals surface area contributed by atoms with E-state index in [1.54, 1.807) is 11.3 Å². The van der Waals surface area contributed by atoms with E-state index in [4.69, 9.17) is 0 Å². The van der Waals surface area contributed by atoms with Crippen molar-refractivity contribution in [3.05, 3.63) is 15.6 Å². The molecule has 2 rings (SSSR count). The molecule has 2 amide bonds. The highest BCUT2D eigenvalue weighted by Gasteiger charge is 2.16. The SMILES string of the molecule is CCc1nc(CCNC(=O)N2CCSCC2)sc1C. The Hall–Kier alpha value is -0.750. The Morgan fingerprint density at radius 2 is 2.16 bits per heavy atom. The van der Waals surface area contributed by atoms with Crippen LogP contribution in [-0.2, 0) is 12.8 Å². The number of aromatic nitrogens is 1. The molecular weight excluding hydrogens is 278 g/mol. The van der Waals surface area contributed by atoms with Gasteiger partial charge in [-0.25, -0.2) is 9.78 Å². The molecule has 0 aromatic carbocycles. The van der Waals surface area contributed by atoms with Gasteiger partial charge in [-0.1, -0.05) is 6.92 Å². The van der Waals surface area contributed by atoms with E-state index in [0.717, 1.165) is 42.4 Å². The highest BCUT2D eigenvalue weighted by Crippen LogP contribution is 2.18. The number of hydrogen-bond donors (Lipinski definition) is 1. The maximum atomic E-state index is 11.9. The number of nitrogens with zero attached hydrogens (tertiary/aromatic N) is 2. The fourth-order valence-corrected chi connectivity index (χ4v) is 4.00. The maximum Gasteiger partial charge on any atom is 0.317 e. The average molecular weight is 299 g/mol. The van der Waals surface area contributed by atoms with E-state index >= 15 is 0 Å². The number of nitrogens with one attached hydrogen (secondary N) is 1. The quantitative estimate of drug-likeness (QED) is 0.928. The van der Waals surface area contributed by atoms with Gasteiger partial charge < -0.3 is 10.2 Å². The number of thiazole rings is 1. The van der Waals surface area contributed by atoms with E-state index in [1.807, 2.05) is 16.7 Å². The van der Waals surface area contributed by atoms with Crippen molar-refractivity contribution in [2.24, 2.45) is 0 Å². The molecule has 0 radical (unpaired) electrons. The number of urea groups is 1. The Morgan fingerprint density at radius 3 is 2.79 bits per heavy atom. The lowest BCUT2D eigenvalue weighted by Crippen LogP contribution is -2.44. The third kappa shape index (κ3) is 4.11. The molecule has 6 heteroatoms. The number of carbonyl (C=O) groups excluding carboxylic acids is 1. The van der Waals surface area contributed by atoms with Gasteiger partial charge in [-0.15, -0.1) is 11.3 Å². The summed E-state index contributed by atoms with van der Waals surface area (Å²) in [5.41, 5.74) is 1.19. The van der Waals surface area contributed by atoms with Crippen LogP contribution in [0.3, 0.4) is 0 Å². The van der Waals surface area contributed by atoms with Gasteiger partial charge in [0.1, 0.15) is 0 Å². The van der Waals surface area contributed by atoms with Crippen molar-refractivity contribution in [2.45, 2.75) is 26.7 Å². The summed E-state index contributed by atoms with van der Waals surface area (Å²) in [4.78, 5) is 19.7. The fraction of sp³-hybridized carbons (Fsp3) is 0.692. The van der Waals surface area contributed by atoms with Crippen LogP contribution in [0.5, 0.6) is 0 Å². The van der Waals surface area contributed by atoms with Crippen LogP contribution in [0, 0.1) is 6.92 Å². The summed E-state index contributed by atoms with van der Waals surface area (Å²) < 4.78 is 0. The first-order chi connectivity index (χ1) is 9.20. The van der Waals surface area contributed by atoms with E-state index in [1.165, 1.54) is 10.6 Å². The monoisotopic (exact) mass is 299 g/mol. The highest BCUT2D eigenvalue weighted by molar-refractivity contribution is 7.99. The minimum absolute atomic E-state index is 0.0734. The average Bonchev–Trinajstić information content (AvgIpc) is 2.80. The van der Waals surface area contributed by atoms with Crippen LogP contribution in [-0.4, -0.2) is 47.1 Å². The molecule has 0 spiro atoms. The van der Waals surface area contributed by atoms with Crippen molar-refractivity contribution >= 4 is 29.1 Å². The lowest BCUT2D eigenvalue weighted by atomic mass is 10.3. The zero-order chi connectivity index (χ0) is 13.7. The van der Waals surface area contributed by atoms with Gasteiger partial charge >= 0.3 is 6.03 Å². The third-order valence-electron chi connectivity index (χ3n) is 3.19. The number of hydrogen-bond acceptors (Lipinski definition) is 4. The molecule has 4 nitrogen and oxygen atoms in total. The molecule has 1 fully saturated rings. The lowest BCUT2D eigenvalue weighted by Gasteiger charge is -2.26. The molecule has 1 aromatic heterocycles. The summed E-state index contributed by atoms with van der Waals surface area (Å²) in [5.74, 6) is 2.11. The van der Waals surface area contributed by atoms with Gasteiger partial charge in [0.05, 0.1) is 10.7 Å². The third-order valence-corrected chi connectivity index (χ3v) is 5.20. The molecule has 0 saturated carbocycles. The zero-order valence-electron chi connectivity index (χ0n) is 11.6. The Balaban J connectivity index is 1.74. The van der Waals surface area contributed by atoms with Crippen LogP contribution in [0.2, 0.25) is 0 Å². The number of rotatable bonds is 4. The normalized spacial score (nSPS) is 15.6. The van der Waals surface area contributed by atoms with Gasteiger partial charge in [0.15, 0.2) is 0 Å². The van der Waals surface area contributed by atoms with E-state index in [9.17, 15) is 4.79 Å². The van der Waals surface area contributed by atoms with E-state index in [2.05, 4.69) is 24.1 Å². The topological polar surface area (TPSA) is 45.2 Å². The smallest absolute Gasteiger partial charge is 0.317 e. The summed E-state index contributed by atoms with van der Waals surface area (Å²) >= 11 is 3.66. The van der Waals surface area contributed by atoms with Crippen LogP contribution in [0.25, 0.3) is 0 Å². The van der Waals surface area contributed by atoms with Crippen molar-refractivity contribution in [1.82, 2.24) is 15.2 Å². The molecule has 106 valence electrons. The van der Waals surface area contributed by atoms with Crippen molar-refractivity contribution < 1.29 is 4.79 Å². The Morgan fingerprint density at radius 1 is 1.42 bits per heavy atom. The number of aryl methyl sites for hydroxylation is 2. The minimum atomic E-state index is 0.0734. The Kier molecular flexibility index (Phi) is 5.51. The van der Waals surface area contributed by atoms with Crippen molar-refractivity contribution in [1.29, 1.82) is 0 Å². The molecule has 2 heterocycles. The molecule has 1 aliphatic heterocycles. The largest absolute Gasteiger partial charge is 0.338 e. The summed E-state index contributed by atoms with van der Waals surface area (Å²) in [5, 5.41) is 4.12. The van der Waals surface area contributed by atoms with Crippen molar-refractivity contribution in [2.75, 3.05) is 31.1 Å². The van der Waals surface area contributed by atoms with E-state index in [-0.39, 0.29) is 6.03 Å². The van der Waals surface area contributed by atoms with E-state index < -0.39 is 0 Å². The van der Waals surface area contributed by atoms with Gasteiger partial charge in [-0.3, -0.25) is 0 Å². The zero-order valence-corrected chi connectivity index (χ0v) is 13.2. The van der Waals surface area contributed by atoms with Crippen LogP contribution >= 0.6 is 23.1 Å². The number of thioether (sulfide) groups is 1. The molecule has 1 saturated heterocycles. The Labute approximate surface area is 123 Å². The van der Waals surface area contributed by atoms with Gasteiger partial charge in [-0.05, 0) is 13.3 Å². The number of amides is 2. The molecule has 0 atom stereocenters. The van der Waals surface area contributed by atoms with Crippen molar-refractivity contribution in [3.63, 3.8) is 0 Å². The second kappa shape index (κ2) is 7.14. The molecule has 1 N–H and O–H groups in total. The van der Waals surface area contributed by atoms with E-state index in [0.29, 0.717) is 6.54 Å². The Bertz CT molecular complexity index is 428. The molecule has 0 unspecified atom stereocenters. The minimum Gasteiger partial charge on any atom is -0.338 e. The highest BCUT2D eigenvalue weighted by atomic mass is 32.2.